The monoisotopic (exact) mass is 398 g/mol. The van der Waals surface area contributed by atoms with Gasteiger partial charge in [-0.2, -0.15) is 5.10 Å². The lowest BCUT2D eigenvalue weighted by Gasteiger charge is -2.10. The summed E-state index contributed by atoms with van der Waals surface area (Å²) >= 11 is 5.93. The number of hydrogen-bond acceptors (Lipinski definition) is 5. The van der Waals surface area contributed by atoms with E-state index in [1.807, 2.05) is 19.1 Å². The Bertz CT molecular complexity index is 1010. The Kier molecular flexibility index (Phi) is 6.01. The second kappa shape index (κ2) is 8.63. The topological polar surface area (TPSA) is 62.6 Å². The number of carbonyl (C=O) groups excluding carboxylic acids is 1. The molecule has 0 atom stereocenters. The standard InChI is InChI=1S/C21H19ClN2O4/c1-14-13-19(24(23-14)17-10-8-16(22)9-11-17)28-20(25)12-7-15-5-4-6-18(26-2)21(15)27-3/h4-13H,1-3H3/b12-7+. The van der Waals surface area contributed by atoms with Crippen LogP contribution in [0.5, 0.6) is 17.4 Å². The van der Waals surface area contributed by atoms with Gasteiger partial charge in [-0.25, -0.2) is 9.48 Å². The minimum absolute atomic E-state index is 0.312. The van der Waals surface area contributed by atoms with Crippen LogP contribution >= 0.6 is 11.6 Å². The summed E-state index contributed by atoms with van der Waals surface area (Å²) in [7, 11) is 3.10. The summed E-state index contributed by atoms with van der Waals surface area (Å²) in [6.07, 6.45) is 2.94. The van der Waals surface area contributed by atoms with Gasteiger partial charge >= 0.3 is 5.97 Å². The molecule has 1 aromatic heterocycles. The molecule has 0 amide bonds. The van der Waals surface area contributed by atoms with Gasteiger partial charge in [-0.15, -0.1) is 0 Å². The molecule has 144 valence electrons. The Balaban J connectivity index is 1.81. The maximum atomic E-state index is 12.3. The van der Waals surface area contributed by atoms with E-state index in [0.29, 0.717) is 28.0 Å². The number of ether oxygens (including phenoxy) is 3. The van der Waals surface area contributed by atoms with Crippen LogP contribution in [0.25, 0.3) is 11.8 Å². The SMILES string of the molecule is COc1cccc(/C=C/C(=O)Oc2cc(C)nn2-c2ccc(Cl)cc2)c1OC. The summed E-state index contributed by atoms with van der Waals surface area (Å²) in [4.78, 5) is 12.3. The van der Waals surface area contributed by atoms with Gasteiger partial charge in [0.1, 0.15) is 0 Å². The van der Waals surface area contributed by atoms with E-state index >= 15 is 0 Å². The molecule has 0 N–H and O–H groups in total. The number of rotatable bonds is 6. The summed E-state index contributed by atoms with van der Waals surface area (Å²) in [5.41, 5.74) is 2.15. The maximum Gasteiger partial charge on any atom is 0.337 e. The van der Waals surface area contributed by atoms with Crippen LogP contribution < -0.4 is 14.2 Å². The van der Waals surface area contributed by atoms with Crippen LogP contribution in [0.1, 0.15) is 11.3 Å². The predicted molar refractivity (Wildman–Crippen MR) is 108 cm³/mol. The zero-order valence-corrected chi connectivity index (χ0v) is 16.4. The smallest absolute Gasteiger partial charge is 0.337 e. The van der Waals surface area contributed by atoms with Gasteiger partial charge in [-0.05, 0) is 43.3 Å². The van der Waals surface area contributed by atoms with E-state index < -0.39 is 5.97 Å². The molecule has 2 aromatic carbocycles. The van der Waals surface area contributed by atoms with Gasteiger partial charge in [0.15, 0.2) is 11.5 Å². The zero-order chi connectivity index (χ0) is 20.1. The number of para-hydroxylation sites is 1. The molecule has 0 saturated carbocycles. The minimum atomic E-state index is -0.542. The first-order valence-electron chi connectivity index (χ1n) is 8.45. The maximum absolute atomic E-state index is 12.3. The number of hydrogen-bond donors (Lipinski definition) is 0. The zero-order valence-electron chi connectivity index (χ0n) is 15.7. The van der Waals surface area contributed by atoms with Crippen molar-refractivity contribution in [2.24, 2.45) is 0 Å². The molecule has 0 spiro atoms. The van der Waals surface area contributed by atoms with Gasteiger partial charge in [0.05, 0.1) is 25.6 Å². The molecule has 0 saturated heterocycles. The van der Waals surface area contributed by atoms with E-state index in [4.69, 9.17) is 25.8 Å². The van der Waals surface area contributed by atoms with Crippen molar-refractivity contribution in [2.75, 3.05) is 14.2 Å². The fourth-order valence-corrected chi connectivity index (χ4v) is 2.78. The summed E-state index contributed by atoms with van der Waals surface area (Å²) in [5.74, 6) is 0.887. The molecule has 0 fully saturated rings. The van der Waals surface area contributed by atoms with Gasteiger partial charge in [-0.3, -0.25) is 0 Å². The van der Waals surface area contributed by atoms with Crippen LogP contribution in [0.4, 0.5) is 0 Å². The van der Waals surface area contributed by atoms with E-state index in [0.717, 1.165) is 11.4 Å². The summed E-state index contributed by atoms with van der Waals surface area (Å²) in [6, 6.07) is 14.2. The molecule has 3 rings (SSSR count). The minimum Gasteiger partial charge on any atom is -0.493 e. The van der Waals surface area contributed by atoms with E-state index in [-0.39, 0.29) is 0 Å². The number of nitrogens with zero attached hydrogens (tertiary/aromatic N) is 2. The highest BCUT2D eigenvalue weighted by Gasteiger charge is 2.12. The highest BCUT2D eigenvalue weighted by atomic mass is 35.5. The second-order valence-corrected chi connectivity index (χ2v) is 6.29. The van der Waals surface area contributed by atoms with Crippen LogP contribution in [-0.4, -0.2) is 30.0 Å². The molecule has 1 heterocycles. The lowest BCUT2D eigenvalue weighted by molar-refractivity contribution is -0.129. The predicted octanol–water partition coefficient (Wildman–Crippen LogP) is 4.47. The largest absolute Gasteiger partial charge is 0.493 e. The van der Waals surface area contributed by atoms with Crippen molar-refractivity contribution >= 4 is 23.6 Å². The van der Waals surface area contributed by atoms with Crippen molar-refractivity contribution in [3.05, 3.63) is 70.9 Å². The van der Waals surface area contributed by atoms with Gasteiger partial charge in [0, 0.05) is 22.7 Å². The van der Waals surface area contributed by atoms with E-state index in [1.165, 1.54) is 6.08 Å². The number of benzene rings is 2. The van der Waals surface area contributed by atoms with Crippen LogP contribution in [-0.2, 0) is 4.79 Å². The fraction of sp³-hybridized carbons (Fsp3) is 0.143. The average Bonchev–Trinajstić information content (AvgIpc) is 3.06. The quantitative estimate of drug-likeness (QED) is 0.453. The number of aryl methyl sites for hydroxylation is 1. The summed E-state index contributed by atoms with van der Waals surface area (Å²) < 4.78 is 17.6. The van der Waals surface area contributed by atoms with Gasteiger partial charge < -0.3 is 14.2 Å². The first kappa shape index (κ1) is 19.5. The summed E-state index contributed by atoms with van der Waals surface area (Å²) in [5, 5.41) is 4.98. The molecule has 3 aromatic rings. The molecule has 7 heteroatoms. The van der Waals surface area contributed by atoms with Crippen molar-refractivity contribution in [1.82, 2.24) is 9.78 Å². The van der Waals surface area contributed by atoms with Crippen LogP contribution in [0.2, 0.25) is 5.02 Å². The first-order chi connectivity index (χ1) is 13.5. The Morgan fingerprint density at radius 2 is 1.86 bits per heavy atom. The Labute approximate surface area is 167 Å². The van der Waals surface area contributed by atoms with Crippen molar-refractivity contribution in [3.63, 3.8) is 0 Å². The molecular formula is C21H19ClN2O4. The number of carbonyl (C=O) groups is 1. The lowest BCUT2D eigenvalue weighted by Crippen LogP contribution is -2.08. The number of halogens is 1. The third-order valence-corrected chi connectivity index (χ3v) is 4.16. The van der Waals surface area contributed by atoms with Crippen LogP contribution in [0.3, 0.4) is 0 Å². The van der Waals surface area contributed by atoms with Gasteiger partial charge in [0.2, 0.25) is 5.88 Å². The highest BCUT2D eigenvalue weighted by Crippen LogP contribution is 2.31. The molecule has 6 nitrogen and oxygen atoms in total. The van der Waals surface area contributed by atoms with Crippen molar-refractivity contribution < 1.29 is 19.0 Å². The number of esters is 1. The Hall–Kier alpha value is -3.25. The molecule has 0 radical (unpaired) electrons. The van der Waals surface area contributed by atoms with Gasteiger partial charge in [0.25, 0.3) is 0 Å². The van der Waals surface area contributed by atoms with E-state index in [1.54, 1.807) is 61.4 Å². The van der Waals surface area contributed by atoms with Crippen molar-refractivity contribution in [1.29, 1.82) is 0 Å². The molecule has 28 heavy (non-hydrogen) atoms. The molecule has 0 bridgehead atoms. The van der Waals surface area contributed by atoms with Gasteiger partial charge in [-0.1, -0.05) is 23.7 Å². The highest BCUT2D eigenvalue weighted by molar-refractivity contribution is 6.30. The molecule has 0 aliphatic heterocycles. The Morgan fingerprint density at radius 1 is 1.11 bits per heavy atom. The third kappa shape index (κ3) is 4.35. The lowest BCUT2D eigenvalue weighted by atomic mass is 10.1. The molecule has 0 unspecified atom stereocenters. The summed E-state index contributed by atoms with van der Waals surface area (Å²) in [6.45, 7) is 1.82. The number of aromatic nitrogens is 2. The molecular weight excluding hydrogens is 380 g/mol. The van der Waals surface area contributed by atoms with Crippen molar-refractivity contribution in [2.45, 2.75) is 6.92 Å². The van der Waals surface area contributed by atoms with Crippen molar-refractivity contribution in [3.8, 4) is 23.1 Å². The van der Waals surface area contributed by atoms with Crippen LogP contribution in [0, 0.1) is 6.92 Å². The second-order valence-electron chi connectivity index (χ2n) is 5.85. The average molecular weight is 399 g/mol. The Morgan fingerprint density at radius 3 is 2.54 bits per heavy atom. The third-order valence-electron chi connectivity index (χ3n) is 3.91. The van der Waals surface area contributed by atoms with Crippen LogP contribution in [0.15, 0.2) is 54.6 Å². The van der Waals surface area contributed by atoms with E-state index in [9.17, 15) is 4.79 Å². The molecule has 0 aliphatic carbocycles. The number of methoxy groups -OCH3 is 2. The molecule has 0 aliphatic rings. The van der Waals surface area contributed by atoms with E-state index in [2.05, 4.69) is 5.10 Å². The fourth-order valence-electron chi connectivity index (χ4n) is 2.65. The first-order valence-corrected chi connectivity index (χ1v) is 8.83. The normalized spacial score (nSPS) is 10.9.